The molecule has 0 spiro atoms. The number of carbonyl (C=O) groups is 1. The van der Waals surface area contributed by atoms with Gasteiger partial charge in [-0.15, -0.1) is 0 Å². The number of hydrogen-bond acceptors (Lipinski definition) is 3. The third kappa shape index (κ3) is 7.05. The van der Waals surface area contributed by atoms with Gasteiger partial charge in [0.2, 0.25) is 0 Å². The summed E-state index contributed by atoms with van der Waals surface area (Å²) in [5.41, 5.74) is 2.22. The van der Waals surface area contributed by atoms with E-state index in [-0.39, 0.29) is 0 Å². The van der Waals surface area contributed by atoms with Crippen LogP contribution in [0.4, 0.5) is 0 Å². The summed E-state index contributed by atoms with van der Waals surface area (Å²) < 4.78 is 10.1. The zero-order chi connectivity index (χ0) is 11.5. The zero-order valence-electron chi connectivity index (χ0n) is 9.79. The number of rotatable bonds is 8. The average Bonchev–Trinajstić information content (AvgIpc) is 2.24. The molecule has 0 saturated heterocycles. The number of hydrogen-bond donors (Lipinski definition) is 0. The van der Waals surface area contributed by atoms with Gasteiger partial charge in [0, 0.05) is 20.6 Å². The molecule has 0 aliphatic rings. The van der Waals surface area contributed by atoms with E-state index >= 15 is 0 Å². The van der Waals surface area contributed by atoms with Gasteiger partial charge in [-0.3, -0.25) is 0 Å². The standard InChI is InChI=1S/C12H20O3/c1-4-11(9-14-2)5-6-12(7-8-13)10-15-3/h4,6,8H,5,7,9-10H2,1-3H3/b11-4-,12-6-. The Morgan fingerprint density at radius 2 is 1.67 bits per heavy atom. The van der Waals surface area contributed by atoms with E-state index in [4.69, 9.17) is 9.47 Å². The van der Waals surface area contributed by atoms with Crippen molar-refractivity contribution >= 4 is 6.29 Å². The van der Waals surface area contributed by atoms with Crippen LogP contribution in [0.15, 0.2) is 23.3 Å². The van der Waals surface area contributed by atoms with Crippen LogP contribution in [0, 0.1) is 0 Å². The minimum Gasteiger partial charge on any atom is -0.380 e. The van der Waals surface area contributed by atoms with Gasteiger partial charge in [0.25, 0.3) is 0 Å². The van der Waals surface area contributed by atoms with E-state index in [1.807, 2.05) is 19.1 Å². The van der Waals surface area contributed by atoms with Gasteiger partial charge in [-0.1, -0.05) is 12.2 Å². The number of carbonyl (C=O) groups excluding carboxylic acids is 1. The first kappa shape index (κ1) is 14.1. The van der Waals surface area contributed by atoms with Crippen LogP contribution >= 0.6 is 0 Å². The van der Waals surface area contributed by atoms with Crippen LogP contribution in [0.2, 0.25) is 0 Å². The first-order valence-corrected chi connectivity index (χ1v) is 5.01. The SMILES string of the molecule is C/C=C(/C/C=C(/CC=O)COC)COC. The van der Waals surface area contributed by atoms with Gasteiger partial charge in [-0.2, -0.15) is 0 Å². The maximum Gasteiger partial charge on any atom is 0.124 e. The van der Waals surface area contributed by atoms with Crippen LogP contribution < -0.4 is 0 Å². The highest BCUT2D eigenvalue weighted by Crippen LogP contribution is 2.08. The Balaban J connectivity index is 4.22. The Hall–Kier alpha value is -0.930. The zero-order valence-corrected chi connectivity index (χ0v) is 9.79. The van der Waals surface area contributed by atoms with Crippen LogP contribution in [-0.4, -0.2) is 33.7 Å². The molecule has 0 rings (SSSR count). The minimum absolute atomic E-state index is 0.442. The molecule has 0 fully saturated rings. The molecule has 3 heteroatoms. The highest BCUT2D eigenvalue weighted by Gasteiger charge is 1.98. The molecular formula is C12H20O3. The normalized spacial score (nSPS) is 13.0. The fourth-order valence-corrected chi connectivity index (χ4v) is 1.21. The maximum absolute atomic E-state index is 10.4. The summed E-state index contributed by atoms with van der Waals surface area (Å²) in [5.74, 6) is 0. The van der Waals surface area contributed by atoms with E-state index in [0.717, 1.165) is 18.3 Å². The van der Waals surface area contributed by atoms with Crippen LogP contribution in [0.1, 0.15) is 19.8 Å². The van der Waals surface area contributed by atoms with E-state index in [9.17, 15) is 4.79 Å². The molecule has 15 heavy (non-hydrogen) atoms. The fourth-order valence-electron chi connectivity index (χ4n) is 1.21. The lowest BCUT2D eigenvalue weighted by molar-refractivity contribution is -0.107. The average molecular weight is 212 g/mol. The third-order valence-corrected chi connectivity index (χ3v) is 2.07. The van der Waals surface area contributed by atoms with E-state index < -0.39 is 0 Å². The summed E-state index contributed by atoms with van der Waals surface area (Å²) >= 11 is 0. The molecule has 0 atom stereocenters. The van der Waals surface area contributed by atoms with Crippen LogP contribution in [0.5, 0.6) is 0 Å². The first-order valence-electron chi connectivity index (χ1n) is 5.01. The monoisotopic (exact) mass is 212 g/mol. The molecule has 0 aromatic carbocycles. The summed E-state index contributed by atoms with van der Waals surface area (Å²) in [4.78, 5) is 10.4. The van der Waals surface area contributed by atoms with Gasteiger partial charge in [0.1, 0.15) is 6.29 Å². The lowest BCUT2D eigenvalue weighted by Gasteiger charge is -2.05. The Morgan fingerprint density at radius 3 is 2.13 bits per heavy atom. The second-order valence-electron chi connectivity index (χ2n) is 3.25. The molecule has 0 aromatic rings. The Morgan fingerprint density at radius 1 is 1.07 bits per heavy atom. The molecule has 0 unspecified atom stereocenters. The van der Waals surface area contributed by atoms with E-state index in [0.29, 0.717) is 19.6 Å². The molecule has 3 nitrogen and oxygen atoms in total. The van der Waals surface area contributed by atoms with Crippen molar-refractivity contribution in [2.75, 3.05) is 27.4 Å². The van der Waals surface area contributed by atoms with Gasteiger partial charge in [-0.25, -0.2) is 0 Å². The van der Waals surface area contributed by atoms with E-state index in [2.05, 4.69) is 0 Å². The Labute approximate surface area is 91.8 Å². The number of aldehydes is 1. The van der Waals surface area contributed by atoms with Gasteiger partial charge in [-0.05, 0) is 24.5 Å². The largest absolute Gasteiger partial charge is 0.380 e. The van der Waals surface area contributed by atoms with Crippen molar-refractivity contribution in [2.24, 2.45) is 0 Å². The van der Waals surface area contributed by atoms with Crippen LogP contribution in [-0.2, 0) is 14.3 Å². The van der Waals surface area contributed by atoms with Crippen molar-refractivity contribution < 1.29 is 14.3 Å². The first-order chi connectivity index (χ1) is 7.28. The fraction of sp³-hybridized carbons (Fsp3) is 0.583. The summed E-state index contributed by atoms with van der Waals surface area (Å²) in [6, 6.07) is 0. The molecule has 0 N–H and O–H groups in total. The lowest BCUT2D eigenvalue weighted by Crippen LogP contribution is -1.98. The lowest BCUT2D eigenvalue weighted by atomic mass is 10.1. The van der Waals surface area contributed by atoms with Crippen molar-refractivity contribution in [1.29, 1.82) is 0 Å². The number of ether oxygens (including phenoxy) is 2. The highest BCUT2D eigenvalue weighted by molar-refractivity contribution is 5.54. The Kier molecular flexibility index (Phi) is 9.02. The van der Waals surface area contributed by atoms with E-state index in [1.165, 1.54) is 5.57 Å². The molecule has 0 bridgehead atoms. The van der Waals surface area contributed by atoms with Crippen molar-refractivity contribution in [1.82, 2.24) is 0 Å². The van der Waals surface area contributed by atoms with Crippen molar-refractivity contribution in [2.45, 2.75) is 19.8 Å². The Bertz CT molecular complexity index is 229. The molecule has 0 aliphatic carbocycles. The highest BCUT2D eigenvalue weighted by atomic mass is 16.5. The number of allylic oxidation sites excluding steroid dienone is 2. The molecular weight excluding hydrogens is 192 g/mol. The molecule has 0 aromatic heterocycles. The van der Waals surface area contributed by atoms with Gasteiger partial charge >= 0.3 is 0 Å². The smallest absolute Gasteiger partial charge is 0.124 e. The minimum atomic E-state index is 0.442. The predicted molar refractivity (Wildman–Crippen MR) is 60.9 cm³/mol. The molecule has 0 heterocycles. The summed E-state index contributed by atoms with van der Waals surface area (Å²) in [6.45, 7) is 3.13. The van der Waals surface area contributed by atoms with Crippen LogP contribution in [0.3, 0.4) is 0 Å². The molecule has 0 aliphatic heterocycles. The van der Waals surface area contributed by atoms with Crippen molar-refractivity contribution in [3.63, 3.8) is 0 Å². The third-order valence-electron chi connectivity index (χ3n) is 2.07. The second kappa shape index (κ2) is 9.62. The van der Waals surface area contributed by atoms with Crippen LogP contribution in [0.25, 0.3) is 0 Å². The maximum atomic E-state index is 10.4. The molecule has 86 valence electrons. The second-order valence-corrected chi connectivity index (χ2v) is 3.25. The van der Waals surface area contributed by atoms with Crippen molar-refractivity contribution in [3.8, 4) is 0 Å². The number of methoxy groups -OCH3 is 2. The van der Waals surface area contributed by atoms with Gasteiger partial charge < -0.3 is 14.3 Å². The van der Waals surface area contributed by atoms with Gasteiger partial charge in [0.15, 0.2) is 0 Å². The van der Waals surface area contributed by atoms with Crippen molar-refractivity contribution in [3.05, 3.63) is 23.3 Å². The van der Waals surface area contributed by atoms with Gasteiger partial charge in [0.05, 0.1) is 13.2 Å². The quantitative estimate of drug-likeness (QED) is 0.457. The predicted octanol–water partition coefficient (Wildman–Crippen LogP) is 2.13. The molecule has 0 amide bonds. The molecule has 0 radical (unpaired) electrons. The van der Waals surface area contributed by atoms with E-state index in [1.54, 1.807) is 14.2 Å². The summed E-state index contributed by atoms with van der Waals surface area (Å²) in [6.07, 6.45) is 6.22. The summed E-state index contributed by atoms with van der Waals surface area (Å²) in [5, 5.41) is 0. The topological polar surface area (TPSA) is 35.5 Å². The molecule has 0 saturated carbocycles. The summed E-state index contributed by atoms with van der Waals surface area (Å²) in [7, 11) is 3.30.